The molecule has 0 saturated heterocycles. The first-order valence-electron chi connectivity index (χ1n) is 6.72. The van der Waals surface area contributed by atoms with Gasteiger partial charge < -0.3 is 22.1 Å². The van der Waals surface area contributed by atoms with Crippen molar-refractivity contribution in [1.29, 1.82) is 0 Å². The van der Waals surface area contributed by atoms with E-state index in [-0.39, 0.29) is 22.9 Å². The van der Waals surface area contributed by atoms with E-state index < -0.39 is 11.9 Å². The van der Waals surface area contributed by atoms with Gasteiger partial charge in [0.25, 0.3) is 5.91 Å². The number of nitrogens with two attached hydrogens (primary N) is 2. The minimum absolute atomic E-state index is 0.196. The molecule has 23 heavy (non-hydrogen) atoms. The Morgan fingerprint density at radius 2 is 1.74 bits per heavy atom. The third kappa shape index (κ3) is 4.36. The highest BCUT2D eigenvalue weighted by atomic mass is 32.2. The van der Waals surface area contributed by atoms with E-state index in [2.05, 4.69) is 10.6 Å². The number of aryl methyl sites for hydroxylation is 1. The molecule has 1 aliphatic heterocycles. The lowest BCUT2D eigenvalue weighted by molar-refractivity contribution is -0.114. The van der Waals surface area contributed by atoms with Crippen LogP contribution < -0.4 is 22.1 Å². The smallest absolute Gasteiger partial charge is 0.317 e. The van der Waals surface area contributed by atoms with Crippen molar-refractivity contribution in [2.45, 2.75) is 13.3 Å². The fourth-order valence-electron chi connectivity index (χ4n) is 1.89. The third-order valence-corrected chi connectivity index (χ3v) is 4.10. The number of hydrogen-bond donors (Lipinski definition) is 4. The number of allylic oxidation sites excluding steroid dienone is 1. The van der Waals surface area contributed by atoms with Crippen molar-refractivity contribution < 1.29 is 14.4 Å². The van der Waals surface area contributed by atoms with Crippen molar-refractivity contribution in [3.63, 3.8) is 0 Å². The molecule has 1 aromatic carbocycles. The molecule has 1 aliphatic rings. The van der Waals surface area contributed by atoms with Crippen LogP contribution in [-0.2, 0) is 4.79 Å². The molecule has 0 radical (unpaired) electrons. The molecule has 0 saturated carbocycles. The van der Waals surface area contributed by atoms with Gasteiger partial charge in [0, 0.05) is 12.0 Å². The molecule has 0 aliphatic carbocycles. The molecule has 0 unspecified atom stereocenters. The number of urea groups is 1. The Hall–Kier alpha value is -2.74. The van der Waals surface area contributed by atoms with Gasteiger partial charge in [-0.15, -0.1) is 0 Å². The largest absolute Gasteiger partial charge is 0.366 e. The number of nitrogens with one attached hydrogen (secondary N) is 2. The number of carbonyl (C=O) groups excluding carboxylic acids is 3. The minimum Gasteiger partial charge on any atom is -0.366 e. The summed E-state index contributed by atoms with van der Waals surface area (Å²) in [5.74, 6) is -0.939. The van der Waals surface area contributed by atoms with Crippen LogP contribution in [-0.4, -0.2) is 17.8 Å². The highest BCUT2D eigenvalue weighted by Gasteiger charge is 2.21. The molecule has 1 heterocycles. The molecule has 0 aromatic heterocycles. The van der Waals surface area contributed by atoms with Gasteiger partial charge in [-0.05, 0) is 25.1 Å². The van der Waals surface area contributed by atoms with Gasteiger partial charge in [-0.1, -0.05) is 29.5 Å². The maximum atomic E-state index is 12.2. The quantitative estimate of drug-likeness (QED) is 0.657. The first-order chi connectivity index (χ1) is 10.9. The first kappa shape index (κ1) is 16.6. The molecule has 8 heteroatoms. The summed E-state index contributed by atoms with van der Waals surface area (Å²) >= 11 is 1.02. The molecule has 0 spiro atoms. The van der Waals surface area contributed by atoms with Gasteiger partial charge in [0.1, 0.15) is 0 Å². The van der Waals surface area contributed by atoms with Crippen molar-refractivity contribution in [3.05, 3.63) is 57.1 Å². The lowest BCUT2D eigenvalue weighted by atomic mass is 10.1. The molecule has 2 rings (SSSR count). The molecule has 0 atom stereocenters. The van der Waals surface area contributed by atoms with Crippen molar-refractivity contribution in [3.8, 4) is 0 Å². The van der Waals surface area contributed by atoms with Crippen LogP contribution in [0.15, 0.2) is 46.0 Å². The van der Waals surface area contributed by atoms with Gasteiger partial charge >= 0.3 is 6.03 Å². The highest BCUT2D eigenvalue weighted by Crippen LogP contribution is 2.31. The average Bonchev–Trinajstić information content (AvgIpc) is 2.47. The second-order valence-corrected chi connectivity index (χ2v) is 5.91. The average molecular weight is 332 g/mol. The monoisotopic (exact) mass is 332 g/mol. The molecule has 0 fully saturated rings. The van der Waals surface area contributed by atoms with Crippen LogP contribution in [0.2, 0.25) is 0 Å². The van der Waals surface area contributed by atoms with Crippen LogP contribution in [0.5, 0.6) is 0 Å². The third-order valence-electron chi connectivity index (χ3n) is 3.06. The SMILES string of the molecule is Cc1ccc(C(=O)NC2=CCC(C(N)=O)=C(NC(N)=O)S2)cc1. The fraction of sp³-hybridized carbons (Fsp3) is 0.133. The lowest BCUT2D eigenvalue weighted by Crippen LogP contribution is -2.32. The van der Waals surface area contributed by atoms with E-state index in [0.29, 0.717) is 10.6 Å². The van der Waals surface area contributed by atoms with Gasteiger partial charge in [0.05, 0.1) is 15.6 Å². The molecule has 0 bridgehead atoms. The standard InChI is InChI=1S/C15H16N4O3S/c1-8-2-4-9(5-3-8)13(21)18-11-7-6-10(12(16)20)14(23-11)19-15(17)22/h2-5,7H,6H2,1H3,(H2,16,20)(H,18,21)(H3,17,19,22). The number of amides is 4. The van der Waals surface area contributed by atoms with Crippen LogP contribution >= 0.6 is 11.8 Å². The molecule has 120 valence electrons. The van der Waals surface area contributed by atoms with Crippen LogP contribution in [0.4, 0.5) is 4.79 Å². The predicted molar refractivity (Wildman–Crippen MR) is 87.9 cm³/mol. The van der Waals surface area contributed by atoms with Crippen LogP contribution in [0.1, 0.15) is 22.3 Å². The number of rotatable bonds is 4. The maximum absolute atomic E-state index is 12.2. The number of thioether (sulfide) groups is 1. The van der Waals surface area contributed by atoms with Crippen molar-refractivity contribution in [1.82, 2.24) is 10.6 Å². The molecule has 1 aromatic rings. The number of carbonyl (C=O) groups is 3. The molecule has 7 nitrogen and oxygen atoms in total. The summed E-state index contributed by atoms with van der Waals surface area (Å²) in [4.78, 5) is 34.6. The summed E-state index contributed by atoms with van der Waals surface area (Å²) in [6, 6.07) is 6.29. The maximum Gasteiger partial charge on any atom is 0.317 e. The zero-order chi connectivity index (χ0) is 17.0. The molecular formula is C15H16N4O3S. The Morgan fingerprint density at radius 1 is 1.09 bits per heavy atom. The second-order valence-electron chi connectivity index (χ2n) is 4.86. The lowest BCUT2D eigenvalue weighted by Gasteiger charge is -2.19. The molecule has 6 N–H and O–H groups in total. The van der Waals surface area contributed by atoms with E-state index in [1.54, 1.807) is 18.2 Å². The summed E-state index contributed by atoms with van der Waals surface area (Å²) < 4.78 is 0. The van der Waals surface area contributed by atoms with Gasteiger partial charge in [0.2, 0.25) is 5.91 Å². The second kappa shape index (κ2) is 7.01. The predicted octanol–water partition coefficient (Wildman–Crippen LogP) is 1.07. The van der Waals surface area contributed by atoms with Crippen LogP contribution in [0.3, 0.4) is 0 Å². The van der Waals surface area contributed by atoms with Gasteiger partial charge in [-0.3, -0.25) is 9.59 Å². The summed E-state index contributed by atoms with van der Waals surface area (Å²) in [6.45, 7) is 1.93. The van der Waals surface area contributed by atoms with E-state index in [1.807, 2.05) is 19.1 Å². The minimum atomic E-state index is -0.808. The van der Waals surface area contributed by atoms with E-state index in [1.165, 1.54) is 0 Å². The Morgan fingerprint density at radius 3 is 2.30 bits per heavy atom. The van der Waals surface area contributed by atoms with Crippen LogP contribution in [0, 0.1) is 6.92 Å². The fourth-order valence-corrected chi connectivity index (χ4v) is 2.88. The Bertz CT molecular complexity index is 723. The topological polar surface area (TPSA) is 127 Å². The Balaban J connectivity index is 2.10. The van der Waals surface area contributed by atoms with Crippen LogP contribution in [0.25, 0.3) is 0 Å². The first-order valence-corrected chi connectivity index (χ1v) is 7.54. The Kier molecular flexibility index (Phi) is 5.07. The van der Waals surface area contributed by atoms with E-state index in [0.717, 1.165) is 17.3 Å². The van der Waals surface area contributed by atoms with Gasteiger partial charge in [-0.25, -0.2) is 4.79 Å². The zero-order valence-electron chi connectivity index (χ0n) is 12.4. The zero-order valence-corrected chi connectivity index (χ0v) is 13.2. The van der Waals surface area contributed by atoms with E-state index in [4.69, 9.17) is 11.5 Å². The van der Waals surface area contributed by atoms with Crippen molar-refractivity contribution in [2.75, 3.05) is 0 Å². The summed E-state index contributed by atoms with van der Waals surface area (Å²) in [7, 11) is 0. The van der Waals surface area contributed by atoms with Crippen molar-refractivity contribution >= 4 is 29.6 Å². The highest BCUT2D eigenvalue weighted by molar-refractivity contribution is 8.06. The van der Waals surface area contributed by atoms with Gasteiger partial charge in [0.15, 0.2) is 0 Å². The molecule has 4 amide bonds. The molecular weight excluding hydrogens is 316 g/mol. The van der Waals surface area contributed by atoms with Gasteiger partial charge in [-0.2, -0.15) is 0 Å². The summed E-state index contributed by atoms with van der Waals surface area (Å²) in [5.41, 5.74) is 12.1. The number of hydrogen-bond acceptors (Lipinski definition) is 4. The number of benzene rings is 1. The summed E-state index contributed by atoms with van der Waals surface area (Å²) in [6.07, 6.45) is 1.85. The van der Waals surface area contributed by atoms with E-state index >= 15 is 0 Å². The van der Waals surface area contributed by atoms with E-state index in [9.17, 15) is 14.4 Å². The van der Waals surface area contributed by atoms with Crippen molar-refractivity contribution in [2.24, 2.45) is 11.5 Å². The number of primary amides is 2. The normalized spacial score (nSPS) is 14.0. The summed E-state index contributed by atoms with van der Waals surface area (Å²) in [5, 5.41) is 5.79. The Labute approximate surface area is 137 Å².